The van der Waals surface area contributed by atoms with Gasteiger partial charge in [-0.05, 0) is 106 Å². The normalized spacial score (nSPS) is 52.8. The third-order valence-corrected chi connectivity index (χ3v) is 10.0. The molecule has 0 radical (unpaired) electrons. The Morgan fingerprint density at radius 1 is 1.04 bits per heavy atom. The molecule has 0 amide bonds. The third-order valence-electron chi connectivity index (χ3n) is 10.0. The minimum atomic E-state index is -0.495. The van der Waals surface area contributed by atoms with Crippen molar-refractivity contribution in [1.29, 1.82) is 0 Å². The summed E-state index contributed by atoms with van der Waals surface area (Å²) in [5.74, 6) is 3.97. The zero-order valence-electron chi connectivity index (χ0n) is 18.1. The van der Waals surface area contributed by atoms with Crippen LogP contribution in [0.2, 0.25) is 0 Å². The Hall–Kier alpha value is -0.410. The summed E-state index contributed by atoms with van der Waals surface area (Å²) in [6.45, 7) is 9.66. The van der Waals surface area contributed by atoms with Crippen molar-refractivity contribution in [2.45, 2.75) is 92.1 Å². The van der Waals surface area contributed by atoms with Gasteiger partial charge in [-0.1, -0.05) is 21.3 Å². The number of aliphatic hydroxyl groups is 1. The van der Waals surface area contributed by atoms with Crippen molar-refractivity contribution in [2.75, 3.05) is 13.7 Å². The van der Waals surface area contributed by atoms with Crippen LogP contribution in [-0.2, 0) is 9.53 Å². The van der Waals surface area contributed by atoms with Crippen molar-refractivity contribution in [3.8, 4) is 0 Å². The average molecular weight is 393 g/mol. The quantitative estimate of drug-likeness (QED) is 0.690. The second kappa shape index (κ2) is 7.38. The van der Waals surface area contributed by atoms with E-state index in [1.54, 1.807) is 0 Å². The minimum absolute atomic E-state index is 0. The largest absolute Gasteiger partial charge is 0.390 e. The zero-order chi connectivity index (χ0) is 19.6. The van der Waals surface area contributed by atoms with E-state index in [1.807, 2.05) is 21.0 Å². The van der Waals surface area contributed by atoms with Crippen LogP contribution in [0.15, 0.2) is 0 Å². The maximum absolute atomic E-state index is 12.4. The first-order valence-corrected chi connectivity index (χ1v) is 11.3. The fourth-order valence-corrected chi connectivity index (χ4v) is 8.65. The van der Waals surface area contributed by atoms with E-state index < -0.39 is 5.60 Å². The highest BCUT2D eigenvalue weighted by Crippen LogP contribution is 2.69. The maximum Gasteiger partial charge on any atom is 0.133 e. The Labute approximate surface area is 173 Å². The lowest BCUT2D eigenvalue weighted by Gasteiger charge is -2.64. The number of carbonyl (C=O) groups excluding carboxylic acids is 1. The standard InChI is InChI=1S/C24H40O3.CH4/c1-15(25)18-6-7-19-21-16(14-27-5)12-17-13-22(2,26)10-11-23(17,3)20(21)8-9-24(18,19)4;/h16-21,26H,6-14H2,1-5H3;1H4/t16-,17-,18+,19-,20-,21-,22+,23-,24+;/m0./s1. The molecule has 0 bridgehead atoms. The molecule has 4 aliphatic rings. The summed E-state index contributed by atoms with van der Waals surface area (Å²) in [7, 11) is 1.84. The molecule has 3 nitrogen and oxygen atoms in total. The second-order valence-corrected chi connectivity index (χ2v) is 11.4. The number of carbonyl (C=O) groups is 1. The molecule has 1 N–H and O–H groups in total. The molecule has 0 spiro atoms. The van der Waals surface area contributed by atoms with E-state index >= 15 is 0 Å². The predicted octanol–water partition coefficient (Wildman–Crippen LogP) is 5.49. The Balaban J connectivity index is 0.00000225. The van der Waals surface area contributed by atoms with Crippen molar-refractivity contribution >= 4 is 5.78 Å². The molecule has 28 heavy (non-hydrogen) atoms. The van der Waals surface area contributed by atoms with Crippen molar-refractivity contribution < 1.29 is 14.6 Å². The molecule has 0 aromatic rings. The van der Waals surface area contributed by atoms with E-state index in [2.05, 4.69) is 13.8 Å². The summed E-state index contributed by atoms with van der Waals surface area (Å²) in [6.07, 6.45) is 9.03. The van der Waals surface area contributed by atoms with Gasteiger partial charge in [0.05, 0.1) is 5.60 Å². The van der Waals surface area contributed by atoms with E-state index in [9.17, 15) is 9.90 Å². The Kier molecular flexibility index (Phi) is 5.87. The van der Waals surface area contributed by atoms with Crippen LogP contribution in [0.4, 0.5) is 0 Å². The number of rotatable bonds is 3. The van der Waals surface area contributed by atoms with Crippen molar-refractivity contribution in [1.82, 2.24) is 0 Å². The summed E-state index contributed by atoms with van der Waals surface area (Å²) >= 11 is 0. The van der Waals surface area contributed by atoms with E-state index in [-0.39, 0.29) is 18.8 Å². The van der Waals surface area contributed by atoms with Crippen LogP contribution in [-0.4, -0.2) is 30.2 Å². The maximum atomic E-state index is 12.4. The molecule has 0 unspecified atom stereocenters. The van der Waals surface area contributed by atoms with Crippen molar-refractivity contribution in [3.63, 3.8) is 0 Å². The lowest BCUT2D eigenvalue weighted by atomic mass is 9.42. The van der Waals surface area contributed by atoms with Gasteiger partial charge in [0.15, 0.2) is 0 Å². The molecule has 4 aliphatic carbocycles. The number of fused-ring (bicyclic) bond motifs is 5. The van der Waals surface area contributed by atoms with Gasteiger partial charge in [0.2, 0.25) is 0 Å². The van der Waals surface area contributed by atoms with Gasteiger partial charge in [0.1, 0.15) is 5.78 Å². The fraction of sp³-hybridized carbons (Fsp3) is 0.960. The number of hydrogen-bond acceptors (Lipinski definition) is 3. The first-order valence-electron chi connectivity index (χ1n) is 11.3. The van der Waals surface area contributed by atoms with Gasteiger partial charge in [-0.25, -0.2) is 0 Å². The van der Waals surface area contributed by atoms with Gasteiger partial charge >= 0.3 is 0 Å². The van der Waals surface area contributed by atoms with Crippen LogP contribution in [0.5, 0.6) is 0 Å². The molecule has 0 heterocycles. The smallest absolute Gasteiger partial charge is 0.133 e. The number of ether oxygens (including phenoxy) is 1. The van der Waals surface area contributed by atoms with Crippen LogP contribution in [0.25, 0.3) is 0 Å². The second-order valence-electron chi connectivity index (χ2n) is 11.4. The zero-order valence-corrected chi connectivity index (χ0v) is 18.1. The van der Waals surface area contributed by atoms with Gasteiger partial charge in [-0.15, -0.1) is 0 Å². The van der Waals surface area contributed by atoms with Gasteiger partial charge < -0.3 is 9.84 Å². The first kappa shape index (κ1) is 22.3. The highest BCUT2D eigenvalue weighted by Gasteiger charge is 2.63. The lowest BCUT2D eigenvalue weighted by Crippen LogP contribution is -2.58. The van der Waals surface area contributed by atoms with E-state index in [1.165, 1.54) is 25.7 Å². The first-order chi connectivity index (χ1) is 12.6. The predicted molar refractivity (Wildman–Crippen MR) is 114 cm³/mol. The highest BCUT2D eigenvalue weighted by atomic mass is 16.5. The van der Waals surface area contributed by atoms with Gasteiger partial charge in [-0.3, -0.25) is 4.79 Å². The summed E-state index contributed by atoms with van der Waals surface area (Å²) in [6, 6.07) is 0. The van der Waals surface area contributed by atoms with Crippen LogP contribution < -0.4 is 0 Å². The number of ketones is 1. The molecule has 0 aliphatic heterocycles. The summed E-state index contributed by atoms with van der Waals surface area (Å²) < 4.78 is 5.72. The SMILES string of the molecule is C.COC[C@@H]1C[C@H]2C[C@](C)(O)CC[C@]2(C)[C@H]2CC[C@]3(C)[C@@H](C(C)=O)CC[C@H]3[C@H]12. The van der Waals surface area contributed by atoms with Gasteiger partial charge in [-0.2, -0.15) is 0 Å². The topological polar surface area (TPSA) is 46.5 Å². The van der Waals surface area contributed by atoms with Crippen molar-refractivity contribution in [3.05, 3.63) is 0 Å². The molecular formula is C25H44O3. The molecule has 0 saturated heterocycles. The minimum Gasteiger partial charge on any atom is -0.390 e. The van der Waals surface area contributed by atoms with Gasteiger partial charge in [0, 0.05) is 19.6 Å². The molecule has 4 rings (SSSR count). The fourth-order valence-electron chi connectivity index (χ4n) is 8.65. The van der Waals surface area contributed by atoms with Crippen LogP contribution in [0, 0.1) is 46.3 Å². The Morgan fingerprint density at radius 2 is 1.71 bits per heavy atom. The number of methoxy groups -OCH3 is 1. The molecule has 9 atom stereocenters. The number of hydrogen-bond donors (Lipinski definition) is 1. The molecule has 4 fully saturated rings. The van der Waals surface area contributed by atoms with Crippen LogP contribution in [0.1, 0.15) is 86.5 Å². The molecule has 0 aromatic carbocycles. The lowest BCUT2D eigenvalue weighted by molar-refractivity contribution is -0.174. The van der Waals surface area contributed by atoms with Gasteiger partial charge in [0.25, 0.3) is 0 Å². The van der Waals surface area contributed by atoms with Crippen molar-refractivity contribution in [2.24, 2.45) is 46.3 Å². The Bertz CT molecular complexity index is 599. The molecule has 3 heteroatoms. The molecule has 4 saturated carbocycles. The van der Waals surface area contributed by atoms with E-state index in [0.717, 1.165) is 38.2 Å². The van der Waals surface area contributed by atoms with Crippen LogP contribution in [0.3, 0.4) is 0 Å². The Morgan fingerprint density at radius 3 is 2.36 bits per heavy atom. The monoisotopic (exact) mass is 392 g/mol. The van der Waals surface area contributed by atoms with E-state index in [4.69, 9.17) is 4.74 Å². The average Bonchev–Trinajstić information content (AvgIpc) is 2.93. The summed E-state index contributed by atoms with van der Waals surface area (Å²) in [4.78, 5) is 12.4. The third kappa shape index (κ3) is 3.20. The summed E-state index contributed by atoms with van der Waals surface area (Å²) in [5, 5.41) is 10.8. The highest BCUT2D eigenvalue weighted by molar-refractivity contribution is 5.79. The van der Waals surface area contributed by atoms with Crippen LogP contribution >= 0.6 is 0 Å². The molecule has 162 valence electrons. The molecular weight excluding hydrogens is 348 g/mol. The number of Topliss-reactive ketones (excluding diaryl/α,β-unsaturated/α-hetero) is 1. The molecule has 0 aromatic heterocycles. The summed E-state index contributed by atoms with van der Waals surface area (Å²) in [5.41, 5.74) is 0.0556. The van der Waals surface area contributed by atoms with E-state index in [0.29, 0.717) is 34.9 Å².